The quantitative estimate of drug-likeness (QED) is 0.436. The number of hydrogen-bond donors (Lipinski definition) is 1. The van der Waals surface area contributed by atoms with E-state index in [4.69, 9.17) is 0 Å². The molecule has 1 aromatic carbocycles. The maximum atomic E-state index is 13.1. The summed E-state index contributed by atoms with van der Waals surface area (Å²) >= 11 is 0. The Labute approximate surface area is 203 Å². The highest BCUT2D eigenvalue weighted by molar-refractivity contribution is 5.93. The summed E-state index contributed by atoms with van der Waals surface area (Å²) in [5.74, 6) is -0.183. The Morgan fingerprint density at radius 1 is 1.11 bits per heavy atom. The molecule has 9 nitrogen and oxygen atoms in total. The lowest BCUT2D eigenvalue weighted by atomic mass is 10.0. The van der Waals surface area contributed by atoms with E-state index in [1.165, 1.54) is 0 Å². The smallest absolute Gasteiger partial charge is 0.289 e. The molecule has 180 valence electrons. The van der Waals surface area contributed by atoms with Gasteiger partial charge < -0.3 is 5.32 Å². The standard InChI is InChI=1S/C26H29N7O2/c1-5-17(4)32-15-27-14-21(25(32)35)18-6-8-20(9-7-18)26(10-11-26)31-24(34)22-28-12-19-13-29-33(16(2)3)23(19)30-22/h6-9,12-17H,5,10-11H2,1-4H3,(H,31,34)/t17-/m0/s1. The average Bonchev–Trinajstić information content (AvgIpc) is 3.51. The molecule has 1 aliphatic rings. The molecule has 0 bridgehead atoms. The summed E-state index contributed by atoms with van der Waals surface area (Å²) in [5.41, 5.74) is 2.52. The van der Waals surface area contributed by atoms with Crippen LogP contribution in [0.1, 0.15) is 75.2 Å². The van der Waals surface area contributed by atoms with Crippen LogP contribution in [0, 0.1) is 0 Å². The second-order valence-corrected chi connectivity index (χ2v) is 9.55. The first-order valence-electron chi connectivity index (χ1n) is 12.0. The van der Waals surface area contributed by atoms with Gasteiger partial charge in [-0.3, -0.25) is 14.2 Å². The van der Waals surface area contributed by atoms with Crippen LogP contribution >= 0.6 is 0 Å². The lowest BCUT2D eigenvalue weighted by Crippen LogP contribution is -2.36. The lowest BCUT2D eigenvalue weighted by molar-refractivity contribution is 0.0920. The summed E-state index contributed by atoms with van der Waals surface area (Å²) in [4.78, 5) is 39.0. The number of aromatic nitrogens is 6. The summed E-state index contributed by atoms with van der Waals surface area (Å²) in [5, 5.41) is 8.28. The number of rotatable bonds is 7. The van der Waals surface area contributed by atoms with Gasteiger partial charge in [-0.25, -0.2) is 19.6 Å². The summed E-state index contributed by atoms with van der Waals surface area (Å²) < 4.78 is 3.46. The molecule has 0 unspecified atom stereocenters. The van der Waals surface area contributed by atoms with Crippen molar-refractivity contribution >= 4 is 16.9 Å². The van der Waals surface area contributed by atoms with Crippen molar-refractivity contribution in [2.24, 2.45) is 0 Å². The molecular formula is C26H29N7O2. The van der Waals surface area contributed by atoms with E-state index in [0.29, 0.717) is 11.2 Å². The monoisotopic (exact) mass is 471 g/mol. The lowest BCUT2D eigenvalue weighted by Gasteiger charge is -2.18. The van der Waals surface area contributed by atoms with Gasteiger partial charge in [0.2, 0.25) is 5.82 Å². The van der Waals surface area contributed by atoms with Crippen LogP contribution in [0.5, 0.6) is 0 Å². The van der Waals surface area contributed by atoms with Gasteiger partial charge in [0.1, 0.15) is 0 Å². The van der Waals surface area contributed by atoms with E-state index < -0.39 is 5.54 Å². The molecule has 0 radical (unpaired) electrons. The summed E-state index contributed by atoms with van der Waals surface area (Å²) in [6, 6.07) is 8.00. The van der Waals surface area contributed by atoms with Gasteiger partial charge in [-0.1, -0.05) is 31.2 Å². The number of carbonyl (C=O) groups excluding carboxylic acids is 1. The minimum atomic E-state index is -0.446. The first-order valence-corrected chi connectivity index (χ1v) is 12.0. The predicted octanol–water partition coefficient (Wildman–Crippen LogP) is 4.02. The molecule has 1 fully saturated rings. The van der Waals surface area contributed by atoms with E-state index in [1.54, 1.807) is 34.2 Å². The van der Waals surface area contributed by atoms with Crippen molar-refractivity contribution in [2.75, 3.05) is 0 Å². The number of nitrogens with zero attached hydrogens (tertiary/aromatic N) is 6. The first kappa shape index (κ1) is 22.9. The second kappa shape index (κ2) is 8.72. The Kier molecular flexibility index (Phi) is 5.70. The highest BCUT2D eigenvalue weighted by atomic mass is 16.2. The van der Waals surface area contributed by atoms with E-state index >= 15 is 0 Å². The van der Waals surface area contributed by atoms with Gasteiger partial charge in [0.15, 0.2) is 5.65 Å². The van der Waals surface area contributed by atoms with Crippen molar-refractivity contribution in [2.45, 2.75) is 64.6 Å². The Hall–Kier alpha value is -3.88. The molecule has 4 aromatic rings. The second-order valence-electron chi connectivity index (χ2n) is 9.55. The molecule has 1 atom stereocenters. The maximum absolute atomic E-state index is 13.1. The van der Waals surface area contributed by atoms with Gasteiger partial charge in [-0.05, 0) is 51.2 Å². The summed E-state index contributed by atoms with van der Waals surface area (Å²) in [7, 11) is 0. The minimum Gasteiger partial charge on any atom is -0.340 e. The Morgan fingerprint density at radius 2 is 1.86 bits per heavy atom. The van der Waals surface area contributed by atoms with Crippen molar-refractivity contribution in [1.82, 2.24) is 34.6 Å². The van der Waals surface area contributed by atoms with E-state index in [2.05, 4.69) is 25.4 Å². The van der Waals surface area contributed by atoms with Gasteiger partial charge in [0.25, 0.3) is 11.5 Å². The van der Waals surface area contributed by atoms with E-state index in [9.17, 15) is 9.59 Å². The fourth-order valence-electron chi connectivity index (χ4n) is 4.31. The van der Waals surface area contributed by atoms with Crippen molar-refractivity contribution in [1.29, 1.82) is 0 Å². The van der Waals surface area contributed by atoms with Crippen molar-refractivity contribution in [3.8, 4) is 11.1 Å². The van der Waals surface area contributed by atoms with E-state index in [1.807, 2.05) is 52.0 Å². The van der Waals surface area contributed by atoms with Crippen LogP contribution in [-0.2, 0) is 5.54 Å². The van der Waals surface area contributed by atoms with Crippen LogP contribution in [-0.4, -0.2) is 35.2 Å². The van der Waals surface area contributed by atoms with Crippen molar-refractivity contribution in [3.05, 3.63) is 70.9 Å². The maximum Gasteiger partial charge on any atom is 0.289 e. The zero-order chi connectivity index (χ0) is 24.7. The number of benzene rings is 1. The molecule has 3 aromatic heterocycles. The van der Waals surface area contributed by atoms with Gasteiger partial charge in [0, 0.05) is 24.5 Å². The van der Waals surface area contributed by atoms with Gasteiger partial charge >= 0.3 is 0 Å². The normalized spacial score (nSPS) is 15.3. The summed E-state index contributed by atoms with van der Waals surface area (Å²) in [6.07, 6.45) is 9.06. The van der Waals surface area contributed by atoms with Crippen LogP contribution in [0.2, 0.25) is 0 Å². The topological polar surface area (TPSA) is 108 Å². The number of amides is 1. The third-order valence-electron chi connectivity index (χ3n) is 6.80. The van der Waals surface area contributed by atoms with E-state index in [0.717, 1.165) is 35.8 Å². The van der Waals surface area contributed by atoms with Crippen LogP contribution in [0.4, 0.5) is 0 Å². The Morgan fingerprint density at radius 3 is 2.51 bits per heavy atom. The van der Waals surface area contributed by atoms with Crippen LogP contribution < -0.4 is 10.9 Å². The van der Waals surface area contributed by atoms with Crippen molar-refractivity contribution < 1.29 is 4.79 Å². The SMILES string of the molecule is CC[C@H](C)n1cncc(-c2ccc(C3(NC(=O)c4ncc5cnn(C(C)C)c5n4)CC3)cc2)c1=O. The molecule has 0 saturated heterocycles. The van der Waals surface area contributed by atoms with Gasteiger partial charge in [0.05, 0.1) is 29.0 Å². The zero-order valence-corrected chi connectivity index (χ0v) is 20.4. The molecule has 5 rings (SSSR count). The van der Waals surface area contributed by atoms with Crippen molar-refractivity contribution in [3.63, 3.8) is 0 Å². The fraction of sp³-hybridized carbons (Fsp3) is 0.385. The molecule has 1 N–H and O–H groups in total. The van der Waals surface area contributed by atoms with E-state index in [-0.39, 0.29) is 29.4 Å². The zero-order valence-electron chi connectivity index (χ0n) is 20.4. The molecule has 0 aliphatic heterocycles. The predicted molar refractivity (Wildman–Crippen MR) is 133 cm³/mol. The summed E-state index contributed by atoms with van der Waals surface area (Å²) in [6.45, 7) is 8.09. The Balaban J connectivity index is 1.38. The highest BCUT2D eigenvalue weighted by Crippen LogP contribution is 2.46. The molecular weight excluding hydrogens is 442 g/mol. The molecule has 0 spiro atoms. The number of hydrogen-bond acceptors (Lipinski definition) is 6. The molecule has 35 heavy (non-hydrogen) atoms. The van der Waals surface area contributed by atoms with Crippen LogP contribution in [0.25, 0.3) is 22.2 Å². The molecule has 9 heteroatoms. The molecule has 1 saturated carbocycles. The first-order chi connectivity index (χ1) is 16.8. The van der Waals surface area contributed by atoms with Gasteiger partial charge in [-0.15, -0.1) is 0 Å². The number of carbonyl (C=O) groups is 1. The number of nitrogens with one attached hydrogen (secondary N) is 1. The third kappa shape index (κ3) is 4.11. The average molecular weight is 472 g/mol. The van der Waals surface area contributed by atoms with Gasteiger partial charge in [-0.2, -0.15) is 5.10 Å². The Bertz CT molecular complexity index is 1450. The highest BCUT2D eigenvalue weighted by Gasteiger charge is 2.46. The fourth-order valence-corrected chi connectivity index (χ4v) is 4.31. The van der Waals surface area contributed by atoms with Crippen LogP contribution in [0.3, 0.4) is 0 Å². The molecule has 3 heterocycles. The molecule has 1 aliphatic carbocycles. The van der Waals surface area contributed by atoms with Crippen LogP contribution in [0.15, 0.2) is 54.0 Å². The minimum absolute atomic E-state index is 0.0512. The molecule has 1 amide bonds. The number of fused-ring (bicyclic) bond motifs is 1. The largest absolute Gasteiger partial charge is 0.340 e. The third-order valence-corrected chi connectivity index (χ3v) is 6.80.